The number of para-hydroxylation sites is 1. The summed E-state index contributed by atoms with van der Waals surface area (Å²) in [7, 11) is 0. The van der Waals surface area contributed by atoms with Gasteiger partial charge in [-0.05, 0) is 67.3 Å². The van der Waals surface area contributed by atoms with Gasteiger partial charge in [-0.25, -0.2) is 0 Å². The van der Waals surface area contributed by atoms with Crippen molar-refractivity contribution in [2.75, 3.05) is 5.32 Å². The number of hydrogen-bond donors (Lipinski definition) is 2. The van der Waals surface area contributed by atoms with Crippen molar-refractivity contribution in [1.82, 2.24) is 10.3 Å². The number of nitrogens with zero attached hydrogens (tertiary/aromatic N) is 1. The molecule has 6 heteroatoms. The normalized spacial score (nSPS) is 11.5. The lowest BCUT2D eigenvalue weighted by Gasteiger charge is -2.19. The summed E-state index contributed by atoms with van der Waals surface area (Å²) in [5.74, 6) is 0.0826. The van der Waals surface area contributed by atoms with Crippen LogP contribution in [0.4, 0.5) is 5.69 Å². The van der Waals surface area contributed by atoms with Crippen molar-refractivity contribution in [2.24, 2.45) is 0 Å². The Labute approximate surface area is 182 Å². The van der Waals surface area contributed by atoms with Gasteiger partial charge in [-0.2, -0.15) is 0 Å². The number of pyridine rings is 1. The van der Waals surface area contributed by atoms with Crippen LogP contribution >= 0.6 is 0 Å². The molecule has 0 radical (unpaired) electrons. The largest absolute Gasteiger partial charge is 0.481 e. The zero-order valence-corrected chi connectivity index (χ0v) is 18.0. The average Bonchev–Trinajstić information content (AvgIpc) is 2.76. The molecule has 0 aliphatic carbocycles. The fraction of sp³-hybridized carbons (Fsp3) is 0.240. The third-order valence-electron chi connectivity index (χ3n) is 4.74. The van der Waals surface area contributed by atoms with Crippen LogP contribution in [0.1, 0.15) is 40.4 Å². The number of benzene rings is 2. The molecule has 1 heterocycles. The number of amides is 2. The standard InChI is InChI=1S/C25H27N3O3/c1-4-23(31-20-13-17(2)12-18(3)14-20)25(30)28-22-10-6-5-9-21(22)24(29)27-16-19-8-7-11-26-15-19/h5-15,23H,4,16H2,1-3H3,(H,27,29)(H,28,30)/t23-/m0/s1. The van der Waals surface area contributed by atoms with E-state index in [4.69, 9.17) is 4.74 Å². The van der Waals surface area contributed by atoms with Crippen molar-refractivity contribution in [3.63, 3.8) is 0 Å². The van der Waals surface area contributed by atoms with Gasteiger partial charge in [0.15, 0.2) is 6.10 Å². The number of anilines is 1. The lowest BCUT2D eigenvalue weighted by Crippen LogP contribution is -2.33. The van der Waals surface area contributed by atoms with E-state index in [1.807, 2.05) is 51.1 Å². The maximum atomic E-state index is 12.9. The Morgan fingerprint density at radius 3 is 2.45 bits per heavy atom. The summed E-state index contributed by atoms with van der Waals surface area (Å²) in [6, 6.07) is 16.5. The SMILES string of the molecule is CC[C@H](Oc1cc(C)cc(C)c1)C(=O)Nc1ccccc1C(=O)NCc1cccnc1. The van der Waals surface area contributed by atoms with Gasteiger partial charge in [-0.15, -0.1) is 0 Å². The molecule has 3 rings (SSSR count). The second kappa shape index (κ2) is 10.4. The molecule has 0 bridgehead atoms. The predicted molar refractivity (Wildman–Crippen MR) is 121 cm³/mol. The molecule has 0 spiro atoms. The van der Waals surface area contributed by atoms with E-state index in [2.05, 4.69) is 15.6 Å². The Morgan fingerprint density at radius 1 is 1.03 bits per heavy atom. The lowest BCUT2D eigenvalue weighted by molar-refractivity contribution is -0.122. The highest BCUT2D eigenvalue weighted by Gasteiger charge is 2.21. The fourth-order valence-corrected chi connectivity index (χ4v) is 3.27. The van der Waals surface area contributed by atoms with Crippen LogP contribution in [0.5, 0.6) is 5.75 Å². The topological polar surface area (TPSA) is 80.3 Å². The first-order valence-electron chi connectivity index (χ1n) is 10.3. The van der Waals surface area contributed by atoms with E-state index < -0.39 is 6.10 Å². The van der Waals surface area contributed by atoms with Gasteiger partial charge < -0.3 is 15.4 Å². The summed E-state index contributed by atoms with van der Waals surface area (Å²) in [6.45, 7) is 6.21. The molecule has 6 nitrogen and oxygen atoms in total. The monoisotopic (exact) mass is 417 g/mol. The van der Waals surface area contributed by atoms with Gasteiger partial charge in [-0.3, -0.25) is 14.6 Å². The Hall–Kier alpha value is -3.67. The van der Waals surface area contributed by atoms with Gasteiger partial charge in [0.25, 0.3) is 11.8 Å². The third kappa shape index (κ3) is 6.15. The van der Waals surface area contributed by atoms with E-state index in [-0.39, 0.29) is 11.8 Å². The number of rotatable bonds is 8. The van der Waals surface area contributed by atoms with Crippen LogP contribution in [0.3, 0.4) is 0 Å². The number of nitrogens with one attached hydrogen (secondary N) is 2. The van der Waals surface area contributed by atoms with E-state index in [0.717, 1.165) is 16.7 Å². The molecule has 0 saturated heterocycles. The Bertz CT molecular complexity index is 1030. The van der Waals surface area contributed by atoms with E-state index in [9.17, 15) is 9.59 Å². The molecular weight excluding hydrogens is 390 g/mol. The fourth-order valence-electron chi connectivity index (χ4n) is 3.27. The Kier molecular flexibility index (Phi) is 7.38. The summed E-state index contributed by atoms with van der Waals surface area (Å²) >= 11 is 0. The molecule has 0 aliphatic heterocycles. The third-order valence-corrected chi connectivity index (χ3v) is 4.74. The number of carbonyl (C=O) groups is 2. The van der Waals surface area contributed by atoms with Gasteiger partial charge in [0.1, 0.15) is 5.75 Å². The molecule has 0 saturated carbocycles. The Balaban J connectivity index is 1.69. The van der Waals surface area contributed by atoms with Gasteiger partial charge in [0.05, 0.1) is 11.3 Å². The molecule has 0 unspecified atom stereocenters. The summed E-state index contributed by atoms with van der Waals surface area (Å²) in [6.07, 6.45) is 3.20. The summed E-state index contributed by atoms with van der Waals surface area (Å²) in [5, 5.41) is 5.72. The van der Waals surface area contributed by atoms with Crippen LogP contribution in [0.25, 0.3) is 0 Å². The molecule has 2 aromatic carbocycles. The first-order chi connectivity index (χ1) is 15.0. The van der Waals surface area contributed by atoms with Crippen molar-refractivity contribution in [2.45, 2.75) is 39.8 Å². The smallest absolute Gasteiger partial charge is 0.265 e. The van der Waals surface area contributed by atoms with Crippen LogP contribution in [0, 0.1) is 13.8 Å². The molecule has 0 fully saturated rings. The van der Waals surface area contributed by atoms with Crippen molar-refractivity contribution in [1.29, 1.82) is 0 Å². The van der Waals surface area contributed by atoms with Crippen molar-refractivity contribution < 1.29 is 14.3 Å². The average molecular weight is 418 g/mol. The molecule has 1 aromatic heterocycles. The van der Waals surface area contributed by atoms with Crippen LogP contribution in [-0.4, -0.2) is 22.9 Å². The van der Waals surface area contributed by atoms with Gasteiger partial charge >= 0.3 is 0 Å². The predicted octanol–water partition coefficient (Wildman–Crippen LogP) is 4.42. The van der Waals surface area contributed by atoms with Crippen LogP contribution in [0.2, 0.25) is 0 Å². The van der Waals surface area contributed by atoms with E-state index in [0.29, 0.717) is 30.0 Å². The molecular formula is C25H27N3O3. The first kappa shape index (κ1) is 22.0. The van der Waals surface area contributed by atoms with E-state index in [1.54, 1.807) is 36.7 Å². The van der Waals surface area contributed by atoms with E-state index >= 15 is 0 Å². The summed E-state index contributed by atoms with van der Waals surface area (Å²) in [4.78, 5) is 29.7. The molecule has 160 valence electrons. The zero-order valence-electron chi connectivity index (χ0n) is 18.0. The van der Waals surface area contributed by atoms with Crippen LogP contribution in [0.15, 0.2) is 67.0 Å². The molecule has 2 amide bonds. The zero-order chi connectivity index (χ0) is 22.2. The number of hydrogen-bond acceptors (Lipinski definition) is 4. The summed E-state index contributed by atoms with van der Waals surface area (Å²) in [5.41, 5.74) is 3.87. The van der Waals surface area contributed by atoms with Crippen molar-refractivity contribution in [3.05, 3.63) is 89.2 Å². The van der Waals surface area contributed by atoms with Crippen LogP contribution < -0.4 is 15.4 Å². The van der Waals surface area contributed by atoms with Crippen molar-refractivity contribution in [3.8, 4) is 5.75 Å². The molecule has 3 aromatic rings. The highest BCUT2D eigenvalue weighted by atomic mass is 16.5. The minimum absolute atomic E-state index is 0.275. The molecule has 0 aliphatic rings. The maximum absolute atomic E-state index is 12.9. The van der Waals surface area contributed by atoms with E-state index in [1.165, 1.54) is 0 Å². The minimum atomic E-state index is -0.673. The number of aryl methyl sites for hydroxylation is 2. The first-order valence-corrected chi connectivity index (χ1v) is 10.3. The molecule has 2 N–H and O–H groups in total. The van der Waals surface area contributed by atoms with Gasteiger partial charge in [-0.1, -0.05) is 31.2 Å². The molecule has 31 heavy (non-hydrogen) atoms. The van der Waals surface area contributed by atoms with Gasteiger partial charge in [0.2, 0.25) is 0 Å². The maximum Gasteiger partial charge on any atom is 0.265 e. The van der Waals surface area contributed by atoms with Crippen molar-refractivity contribution >= 4 is 17.5 Å². The quantitative estimate of drug-likeness (QED) is 0.568. The summed E-state index contributed by atoms with van der Waals surface area (Å²) < 4.78 is 5.95. The Morgan fingerprint density at radius 2 is 1.77 bits per heavy atom. The second-order valence-electron chi connectivity index (χ2n) is 7.42. The van der Waals surface area contributed by atoms with Gasteiger partial charge in [0, 0.05) is 18.9 Å². The minimum Gasteiger partial charge on any atom is -0.481 e. The number of aromatic nitrogens is 1. The molecule has 1 atom stereocenters. The van der Waals surface area contributed by atoms with Crippen LogP contribution in [-0.2, 0) is 11.3 Å². The highest BCUT2D eigenvalue weighted by Crippen LogP contribution is 2.20. The second-order valence-corrected chi connectivity index (χ2v) is 7.42. The number of carbonyl (C=O) groups excluding carboxylic acids is 2. The highest BCUT2D eigenvalue weighted by molar-refractivity contribution is 6.04. The lowest BCUT2D eigenvalue weighted by atomic mass is 10.1. The number of ether oxygens (including phenoxy) is 1.